The summed E-state index contributed by atoms with van der Waals surface area (Å²) in [5, 5.41) is 12.3. The molecule has 1 aliphatic rings. The van der Waals surface area contributed by atoms with Crippen LogP contribution in [0.5, 0.6) is 0 Å². The Morgan fingerprint density at radius 1 is 1.17 bits per heavy atom. The van der Waals surface area contributed by atoms with Gasteiger partial charge in [-0.15, -0.1) is 0 Å². The fraction of sp³-hybridized carbons (Fsp3) is 0.667. The largest absolute Gasteiger partial charge is 0.416 e. The molecule has 3 atom stereocenters. The molecule has 0 saturated carbocycles. The average Bonchev–Trinajstić information content (AvgIpc) is 2.84. The number of carbonyl (C=O) groups is 2. The van der Waals surface area contributed by atoms with Gasteiger partial charge in [-0.2, -0.15) is 13.2 Å². The summed E-state index contributed by atoms with van der Waals surface area (Å²) in [4.78, 5) is 28.8. The number of likely N-dealkylation sites (N-methyl/N-ethyl adjacent to an activating group) is 1. The predicted molar refractivity (Wildman–Crippen MR) is 125 cm³/mol. The third kappa shape index (κ3) is 8.36. The van der Waals surface area contributed by atoms with Crippen LogP contribution in [0.15, 0.2) is 24.3 Å². The molecule has 0 unspecified atom stereocenters. The van der Waals surface area contributed by atoms with Crippen molar-refractivity contribution in [3.8, 4) is 0 Å². The Bertz CT molecular complexity index is 816. The maximum atomic E-state index is 12.9. The molecular formula is C24H36F3N3O5. The molecule has 0 radical (unpaired) electrons. The molecule has 1 saturated heterocycles. The molecule has 1 aliphatic heterocycles. The number of hydrogen-bond acceptors (Lipinski definition) is 5. The lowest BCUT2D eigenvalue weighted by Gasteiger charge is -2.35. The SMILES string of the molecule is CO[C@@H](CN(C)C(=O)C1CCOCC1)[C@H](C)CN(C(=O)Nc1ccc(C(F)(F)F)cc1)[C@@H](C)CO. The Kier molecular flexibility index (Phi) is 10.8. The van der Waals surface area contributed by atoms with E-state index in [9.17, 15) is 27.9 Å². The first-order chi connectivity index (χ1) is 16.5. The molecule has 35 heavy (non-hydrogen) atoms. The van der Waals surface area contributed by atoms with Crippen molar-refractivity contribution in [3.05, 3.63) is 29.8 Å². The number of aliphatic hydroxyl groups excluding tert-OH is 1. The van der Waals surface area contributed by atoms with Gasteiger partial charge in [0, 0.05) is 58.0 Å². The molecule has 1 heterocycles. The van der Waals surface area contributed by atoms with Crippen LogP contribution in [0.4, 0.5) is 23.7 Å². The lowest BCUT2D eigenvalue weighted by atomic mass is 9.97. The molecule has 0 aromatic heterocycles. The minimum atomic E-state index is -4.47. The number of carbonyl (C=O) groups excluding carboxylic acids is 2. The van der Waals surface area contributed by atoms with Crippen LogP contribution in [0.25, 0.3) is 0 Å². The summed E-state index contributed by atoms with van der Waals surface area (Å²) in [7, 11) is 3.26. The number of ether oxygens (including phenoxy) is 2. The maximum Gasteiger partial charge on any atom is 0.416 e. The minimum absolute atomic E-state index is 0.0307. The minimum Gasteiger partial charge on any atom is -0.394 e. The molecule has 1 aromatic rings. The molecular weight excluding hydrogens is 467 g/mol. The number of nitrogens with one attached hydrogen (secondary N) is 1. The number of methoxy groups -OCH3 is 1. The topological polar surface area (TPSA) is 91.3 Å². The molecule has 8 nitrogen and oxygen atoms in total. The molecule has 0 spiro atoms. The second-order valence-corrected chi connectivity index (χ2v) is 9.05. The van der Waals surface area contributed by atoms with Gasteiger partial charge in [0.15, 0.2) is 0 Å². The van der Waals surface area contributed by atoms with E-state index in [4.69, 9.17) is 9.47 Å². The van der Waals surface area contributed by atoms with Gasteiger partial charge in [-0.05, 0) is 44.0 Å². The molecule has 2 rings (SSSR count). The summed E-state index contributed by atoms with van der Waals surface area (Å²) in [6.07, 6.45) is -3.48. The van der Waals surface area contributed by atoms with Crippen molar-refractivity contribution in [2.45, 2.75) is 45.0 Å². The number of rotatable bonds is 10. The summed E-state index contributed by atoms with van der Waals surface area (Å²) < 4.78 is 49.3. The van der Waals surface area contributed by atoms with Crippen LogP contribution in [0, 0.1) is 11.8 Å². The van der Waals surface area contributed by atoms with Gasteiger partial charge in [-0.3, -0.25) is 4.79 Å². The highest BCUT2D eigenvalue weighted by atomic mass is 19.4. The van der Waals surface area contributed by atoms with E-state index >= 15 is 0 Å². The lowest BCUT2D eigenvalue weighted by molar-refractivity contribution is -0.139. The quantitative estimate of drug-likeness (QED) is 0.510. The smallest absolute Gasteiger partial charge is 0.394 e. The number of nitrogens with zero attached hydrogens (tertiary/aromatic N) is 2. The summed E-state index contributed by atoms with van der Waals surface area (Å²) in [6.45, 7) is 4.91. The number of halogens is 3. The fourth-order valence-corrected chi connectivity index (χ4v) is 4.03. The standard InChI is InChI=1S/C24H36F3N3O5/c1-16(21(34-4)14-29(3)22(32)18-9-11-35-12-10-18)13-30(17(2)15-31)23(33)28-20-7-5-19(6-8-20)24(25,26)27/h5-8,16-18,21,31H,9-15H2,1-4H3,(H,28,33)/t16-,17+,21+/m1/s1. The Morgan fingerprint density at radius 2 is 1.77 bits per heavy atom. The van der Waals surface area contributed by atoms with Crippen LogP contribution in [0.1, 0.15) is 32.3 Å². The number of aliphatic hydroxyl groups is 1. The summed E-state index contributed by atoms with van der Waals surface area (Å²) in [5.41, 5.74) is -0.608. The van der Waals surface area contributed by atoms with Crippen LogP contribution in [-0.4, -0.2) is 86.1 Å². The van der Waals surface area contributed by atoms with Gasteiger partial charge in [0.1, 0.15) is 0 Å². The molecule has 3 amide bonds. The molecule has 11 heteroatoms. The van der Waals surface area contributed by atoms with Gasteiger partial charge >= 0.3 is 12.2 Å². The van der Waals surface area contributed by atoms with Crippen molar-refractivity contribution in [2.75, 3.05) is 52.4 Å². The van der Waals surface area contributed by atoms with Gasteiger partial charge in [0.25, 0.3) is 0 Å². The molecule has 0 aliphatic carbocycles. The second kappa shape index (κ2) is 13.1. The van der Waals surface area contributed by atoms with E-state index in [1.54, 1.807) is 18.9 Å². The Labute approximate surface area is 204 Å². The normalized spacial score (nSPS) is 17.4. The van der Waals surface area contributed by atoms with Crippen LogP contribution in [0.3, 0.4) is 0 Å². The van der Waals surface area contributed by atoms with E-state index in [1.165, 1.54) is 24.1 Å². The first kappa shape index (κ1) is 28.9. The summed E-state index contributed by atoms with van der Waals surface area (Å²) >= 11 is 0. The van der Waals surface area contributed by atoms with Gasteiger partial charge in [0.05, 0.1) is 24.3 Å². The maximum absolute atomic E-state index is 12.9. The number of hydrogen-bond donors (Lipinski definition) is 2. The van der Waals surface area contributed by atoms with Crippen LogP contribution in [0.2, 0.25) is 0 Å². The Hall–Kier alpha value is -2.37. The van der Waals surface area contributed by atoms with E-state index in [0.29, 0.717) is 32.6 Å². The first-order valence-electron chi connectivity index (χ1n) is 11.7. The van der Waals surface area contributed by atoms with Crippen molar-refractivity contribution < 1.29 is 37.3 Å². The van der Waals surface area contributed by atoms with Crippen molar-refractivity contribution in [1.82, 2.24) is 9.80 Å². The summed E-state index contributed by atoms with van der Waals surface area (Å²) in [6, 6.07) is 3.04. The number of urea groups is 1. The van der Waals surface area contributed by atoms with Gasteiger partial charge in [-0.25, -0.2) is 4.79 Å². The highest BCUT2D eigenvalue weighted by Crippen LogP contribution is 2.30. The van der Waals surface area contributed by atoms with Crippen LogP contribution in [-0.2, 0) is 20.4 Å². The van der Waals surface area contributed by atoms with E-state index in [1.807, 2.05) is 6.92 Å². The van der Waals surface area contributed by atoms with Crippen molar-refractivity contribution in [3.63, 3.8) is 0 Å². The summed E-state index contributed by atoms with van der Waals surface area (Å²) in [5.74, 6) is -0.262. The van der Waals surface area contributed by atoms with E-state index in [2.05, 4.69) is 5.32 Å². The third-order valence-electron chi connectivity index (χ3n) is 6.34. The number of amides is 3. The number of alkyl halides is 3. The third-order valence-corrected chi connectivity index (χ3v) is 6.34. The number of benzene rings is 1. The molecule has 198 valence electrons. The fourth-order valence-electron chi connectivity index (χ4n) is 4.03. The zero-order valence-corrected chi connectivity index (χ0v) is 20.7. The van der Waals surface area contributed by atoms with Crippen LogP contribution >= 0.6 is 0 Å². The monoisotopic (exact) mass is 503 g/mol. The van der Waals surface area contributed by atoms with Crippen molar-refractivity contribution in [2.24, 2.45) is 11.8 Å². The second-order valence-electron chi connectivity index (χ2n) is 9.05. The van der Waals surface area contributed by atoms with E-state index in [-0.39, 0.29) is 42.7 Å². The zero-order chi connectivity index (χ0) is 26.2. The van der Waals surface area contributed by atoms with Crippen molar-refractivity contribution in [1.29, 1.82) is 0 Å². The predicted octanol–water partition coefficient (Wildman–Crippen LogP) is 3.46. The van der Waals surface area contributed by atoms with Gasteiger partial charge < -0.3 is 29.7 Å². The lowest BCUT2D eigenvalue weighted by Crippen LogP contribution is -2.49. The van der Waals surface area contributed by atoms with Gasteiger partial charge in [-0.1, -0.05) is 6.92 Å². The highest BCUT2D eigenvalue weighted by Gasteiger charge is 2.31. The molecule has 2 N–H and O–H groups in total. The zero-order valence-electron chi connectivity index (χ0n) is 20.7. The Balaban J connectivity index is 2.03. The van der Waals surface area contributed by atoms with Crippen LogP contribution < -0.4 is 5.32 Å². The van der Waals surface area contributed by atoms with Gasteiger partial charge in [0.2, 0.25) is 5.91 Å². The molecule has 1 fully saturated rings. The first-order valence-corrected chi connectivity index (χ1v) is 11.7. The molecule has 0 bridgehead atoms. The average molecular weight is 504 g/mol. The Morgan fingerprint density at radius 3 is 2.29 bits per heavy atom. The van der Waals surface area contributed by atoms with E-state index in [0.717, 1.165) is 12.1 Å². The van der Waals surface area contributed by atoms with E-state index < -0.39 is 23.8 Å². The number of anilines is 1. The van der Waals surface area contributed by atoms with Crippen molar-refractivity contribution >= 4 is 17.6 Å². The molecule has 1 aromatic carbocycles. The highest BCUT2D eigenvalue weighted by molar-refractivity contribution is 5.89.